The van der Waals surface area contributed by atoms with Gasteiger partial charge in [0.1, 0.15) is 11.3 Å². The Morgan fingerprint density at radius 1 is 1.44 bits per heavy atom. The quantitative estimate of drug-likeness (QED) is 0.828. The fourth-order valence-corrected chi connectivity index (χ4v) is 4.15. The summed E-state index contributed by atoms with van der Waals surface area (Å²) in [5.41, 5.74) is 0.200. The van der Waals surface area contributed by atoms with Crippen molar-refractivity contribution in [3.8, 4) is 0 Å². The van der Waals surface area contributed by atoms with Crippen molar-refractivity contribution in [3.05, 3.63) is 35.6 Å². The zero-order chi connectivity index (χ0) is 17.6. The van der Waals surface area contributed by atoms with Crippen LogP contribution in [0.2, 0.25) is 0 Å². The number of hydrogen-bond donors (Lipinski definition) is 2. The number of nitrogens with zero attached hydrogens (tertiary/aromatic N) is 1. The van der Waals surface area contributed by atoms with Crippen molar-refractivity contribution in [1.29, 1.82) is 0 Å². The van der Waals surface area contributed by atoms with Gasteiger partial charge < -0.3 is 19.7 Å². The standard InChI is InChI=1S/C19H22N2O4/c1-12-10-13-4-2-5-14(16(13)25-12)17(23)21-9-6-15(22)19(11-21)7-3-8-20-18(19)24/h2,4-5,10,15,22H,3,6-9,11H2,1H3,(H,20,24)/t15-,19-/m1/s1. The van der Waals surface area contributed by atoms with Crippen molar-refractivity contribution in [1.82, 2.24) is 10.2 Å². The average Bonchev–Trinajstić information content (AvgIpc) is 2.99. The molecule has 2 aromatic rings. The summed E-state index contributed by atoms with van der Waals surface area (Å²) in [6, 6.07) is 7.42. The highest BCUT2D eigenvalue weighted by Gasteiger charge is 2.50. The van der Waals surface area contributed by atoms with Crippen LogP contribution in [0.5, 0.6) is 0 Å². The van der Waals surface area contributed by atoms with Gasteiger partial charge in [-0.25, -0.2) is 0 Å². The third kappa shape index (κ3) is 2.52. The first kappa shape index (κ1) is 16.1. The van der Waals surface area contributed by atoms with E-state index in [1.165, 1.54) is 0 Å². The van der Waals surface area contributed by atoms with E-state index in [0.29, 0.717) is 37.1 Å². The Morgan fingerprint density at radius 3 is 3.08 bits per heavy atom. The number of aliphatic hydroxyl groups is 1. The first-order valence-corrected chi connectivity index (χ1v) is 8.76. The number of nitrogens with one attached hydrogen (secondary N) is 1. The molecule has 2 fully saturated rings. The lowest BCUT2D eigenvalue weighted by atomic mass is 9.71. The summed E-state index contributed by atoms with van der Waals surface area (Å²) in [7, 11) is 0. The second kappa shape index (κ2) is 5.88. The van der Waals surface area contributed by atoms with E-state index in [0.717, 1.165) is 17.6 Å². The number of piperidine rings is 2. The minimum atomic E-state index is -0.890. The van der Waals surface area contributed by atoms with Crippen LogP contribution in [0.4, 0.5) is 0 Å². The van der Waals surface area contributed by atoms with Crippen molar-refractivity contribution in [2.24, 2.45) is 5.41 Å². The number of furan rings is 1. The van der Waals surface area contributed by atoms with Gasteiger partial charge in [0.2, 0.25) is 5.91 Å². The molecule has 6 heteroatoms. The zero-order valence-corrected chi connectivity index (χ0v) is 14.2. The highest BCUT2D eigenvalue weighted by atomic mass is 16.3. The maximum Gasteiger partial charge on any atom is 0.257 e. The lowest BCUT2D eigenvalue weighted by Gasteiger charge is -2.46. The molecule has 2 aliphatic rings. The summed E-state index contributed by atoms with van der Waals surface area (Å²) < 4.78 is 5.71. The molecule has 1 spiro atoms. The van der Waals surface area contributed by atoms with Crippen LogP contribution < -0.4 is 5.32 Å². The molecule has 0 saturated carbocycles. The van der Waals surface area contributed by atoms with Crippen LogP contribution in [-0.4, -0.2) is 47.6 Å². The smallest absolute Gasteiger partial charge is 0.257 e. The van der Waals surface area contributed by atoms with Crippen LogP contribution in [0.25, 0.3) is 11.0 Å². The Kier molecular flexibility index (Phi) is 3.80. The summed E-state index contributed by atoms with van der Waals surface area (Å²) in [5.74, 6) is 0.466. The number of hydrogen-bond acceptors (Lipinski definition) is 4. The summed E-state index contributed by atoms with van der Waals surface area (Å²) in [4.78, 5) is 27.3. The van der Waals surface area contributed by atoms with Crippen molar-refractivity contribution < 1.29 is 19.1 Å². The van der Waals surface area contributed by atoms with Gasteiger partial charge in [-0.1, -0.05) is 12.1 Å². The number of carbonyl (C=O) groups is 2. The molecule has 4 rings (SSSR count). The van der Waals surface area contributed by atoms with E-state index < -0.39 is 11.5 Å². The maximum atomic E-state index is 13.1. The van der Waals surface area contributed by atoms with E-state index in [1.54, 1.807) is 11.0 Å². The first-order valence-electron chi connectivity index (χ1n) is 8.76. The molecule has 2 N–H and O–H groups in total. The number of carbonyl (C=O) groups excluding carboxylic acids is 2. The van der Waals surface area contributed by atoms with Crippen LogP contribution in [0, 0.1) is 12.3 Å². The van der Waals surface area contributed by atoms with Crippen LogP contribution >= 0.6 is 0 Å². The van der Waals surface area contributed by atoms with E-state index in [9.17, 15) is 14.7 Å². The molecule has 1 aromatic carbocycles. The van der Waals surface area contributed by atoms with E-state index >= 15 is 0 Å². The van der Waals surface area contributed by atoms with Gasteiger partial charge in [0, 0.05) is 25.0 Å². The highest BCUT2D eigenvalue weighted by molar-refractivity contribution is 6.05. The van der Waals surface area contributed by atoms with Gasteiger partial charge >= 0.3 is 0 Å². The molecule has 2 aliphatic heterocycles. The first-order chi connectivity index (χ1) is 12.0. The van der Waals surface area contributed by atoms with Crippen LogP contribution in [0.1, 0.15) is 35.4 Å². The fraction of sp³-hybridized carbons (Fsp3) is 0.474. The predicted octanol–water partition coefficient (Wildman–Crippen LogP) is 1.84. The molecular formula is C19H22N2O4. The molecule has 25 heavy (non-hydrogen) atoms. The molecule has 2 saturated heterocycles. The molecule has 2 atom stereocenters. The van der Waals surface area contributed by atoms with Crippen molar-refractivity contribution in [2.75, 3.05) is 19.6 Å². The van der Waals surface area contributed by atoms with Crippen molar-refractivity contribution >= 4 is 22.8 Å². The van der Waals surface area contributed by atoms with Crippen LogP contribution in [0.15, 0.2) is 28.7 Å². The Bertz CT molecular complexity index is 843. The highest BCUT2D eigenvalue weighted by Crippen LogP contribution is 2.38. The normalized spacial score (nSPS) is 26.9. The number of rotatable bonds is 1. The van der Waals surface area contributed by atoms with E-state index in [4.69, 9.17) is 4.42 Å². The average molecular weight is 342 g/mol. The predicted molar refractivity (Wildman–Crippen MR) is 92.2 cm³/mol. The van der Waals surface area contributed by atoms with Crippen LogP contribution in [-0.2, 0) is 4.79 Å². The fourth-order valence-electron chi connectivity index (χ4n) is 4.15. The third-order valence-electron chi connectivity index (χ3n) is 5.51. The molecule has 1 aromatic heterocycles. The second-order valence-corrected chi connectivity index (χ2v) is 7.13. The molecular weight excluding hydrogens is 320 g/mol. The monoisotopic (exact) mass is 342 g/mol. The van der Waals surface area contributed by atoms with E-state index in [2.05, 4.69) is 5.32 Å². The summed E-state index contributed by atoms with van der Waals surface area (Å²) in [5, 5.41) is 14.2. The number of aliphatic hydroxyl groups excluding tert-OH is 1. The van der Waals surface area contributed by atoms with Gasteiger partial charge in [-0.2, -0.15) is 0 Å². The summed E-state index contributed by atoms with van der Waals surface area (Å²) in [6.45, 7) is 3.17. The number of para-hydroxylation sites is 1. The minimum Gasteiger partial charge on any atom is -0.461 e. The van der Waals surface area contributed by atoms with Gasteiger partial charge in [-0.15, -0.1) is 0 Å². The number of amides is 2. The van der Waals surface area contributed by atoms with Crippen LogP contribution in [0.3, 0.4) is 0 Å². The van der Waals surface area contributed by atoms with E-state index in [1.807, 2.05) is 25.1 Å². The van der Waals surface area contributed by atoms with Crippen molar-refractivity contribution in [2.45, 2.75) is 32.3 Å². The lowest BCUT2D eigenvalue weighted by molar-refractivity contribution is -0.147. The van der Waals surface area contributed by atoms with Gasteiger partial charge in [0.05, 0.1) is 17.1 Å². The SMILES string of the molecule is Cc1cc2cccc(C(=O)N3CC[C@@H](O)[C@@]4(CCCNC4=O)C3)c2o1. The topological polar surface area (TPSA) is 82.8 Å². The number of fused-ring (bicyclic) bond motifs is 1. The molecule has 0 radical (unpaired) electrons. The number of benzene rings is 1. The summed E-state index contributed by atoms with van der Waals surface area (Å²) in [6.07, 6.45) is 1.12. The molecule has 132 valence electrons. The van der Waals surface area contributed by atoms with Gasteiger partial charge in [0.15, 0.2) is 0 Å². The summed E-state index contributed by atoms with van der Waals surface area (Å²) >= 11 is 0. The maximum absolute atomic E-state index is 13.1. The number of aryl methyl sites for hydroxylation is 1. The Hall–Kier alpha value is -2.34. The molecule has 2 amide bonds. The molecule has 3 heterocycles. The molecule has 0 aliphatic carbocycles. The van der Waals surface area contributed by atoms with Gasteiger partial charge in [-0.3, -0.25) is 9.59 Å². The largest absolute Gasteiger partial charge is 0.461 e. The number of likely N-dealkylation sites (tertiary alicyclic amines) is 1. The third-order valence-corrected chi connectivity index (χ3v) is 5.51. The second-order valence-electron chi connectivity index (χ2n) is 7.13. The molecule has 6 nitrogen and oxygen atoms in total. The Balaban J connectivity index is 1.67. The van der Waals surface area contributed by atoms with Gasteiger partial charge in [-0.05, 0) is 38.3 Å². The zero-order valence-electron chi connectivity index (χ0n) is 14.2. The minimum absolute atomic E-state index is 0.143. The van der Waals surface area contributed by atoms with Gasteiger partial charge in [0.25, 0.3) is 5.91 Å². The molecule has 0 bridgehead atoms. The lowest BCUT2D eigenvalue weighted by Crippen LogP contribution is -2.62. The van der Waals surface area contributed by atoms with Crippen molar-refractivity contribution in [3.63, 3.8) is 0 Å². The Labute approximate surface area is 145 Å². The van der Waals surface area contributed by atoms with E-state index in [-0.39, 0.29) is 18.4 Å². The Morgan fingerprint density at radius 2 is 2.28 bits per heavy atom. The molecule has 0 unspecified atom stereocenters.